The number of carbonyl (C=O) groups excluding carboxylic acids is 2. The summed E-state index contributed by atoms with van der Waals surface area (Å²) in [6.45, 7) is 0. The first-order valence-corrected chi connectivity index (χ1v) is 11.1. The Morgan fingerprint density at radius 3 is 2.36 bits per heavy atom. The van der Waals surface area contributed by atoms with Crippen molar-refractivity contribution >= 4 is 40.3 Å². The maximum absolute atomic E-state index is 13.2. The van der Waals surface area contributed by atoms with E-state index >= 15 is 0 Å². The van der Waals surface area contributed by atoms with Crippen molar-refractivity contribution in [2.45, 2.75) is 37.1 Å². The zero-order valence-electron chi connectivity index (χ0n) is 18.8. The molecule has 0 radical (unpaired) electrons. The van der Waals surface area contributed by atoms with E-state index in [1.54, 1.807) is 42.5 Å². The lowest BCUT2D eigenvalue weighted by atomic mass is 9.99. The number of carbonyl (C=O) groups is 3. The van der Waals surface area contributed by atoms with Gasteiger partial charge in [0, 0.05) is 22.2 Å². The van der Waals surface area contributed by atoms with Crippen molar-refractivity contribution in [3.05, 3.63) is 64.8 Å². The van der Waals surface area contributed by atoms with Crippen LogP contribution in [0, 0.1) is 0 Å². The topological polar surface area (TPSA) is 165 Å². The Bertz CT molecular complexity index is 1300. The fourth-order valence-electron chi connectivity index (χ4n) is 3.92. The monoisotopic (exact) mass is 519 g/mol. The molecule has 1 aliphatic heterocycles. The number of aliphatic hydroxyl groups excluding tert-OH is 3. The van der Waals surface area contributed by atoms with Crippen LogP contribution in [-0.2, 0) is 25.5 Å². The van der Waals surface area contributed by atoms with Crippen LogP contribution >= 0.6 is 11.6 Å². The molecule has 1 aliphatic rings. The molecule has 0 amide bonds. The summed E-state index contributed by atoms with van der Waals surface area (Å²) in [7, 11) is 1.46. The lowest BCUT2D eigenvalue weighted by Gasteiger charge is -2.37. The van der Waals surface area contributed by atoms with Gasteiger partial charge in [0.05, 0.1) is 19.0 Å². The molecule has 0 bridgehead atoms. The van der Waals surface area contributed by atoms with Gasteiger partial charge in [-0.1, -0.05) is 11.6 Å². The van der Waals surface area contributed by atoms with E-state index in [1.165, 1.54) is 17.9 Å². The fourth-order valence-corrected chi connectivity index (χ4v) is 4.05. The third-order valence-corrected chi connectivity index (χ3v) is 6.05. The van der Waals surface area contributed by atoms with Gasteiger partial charge in [-0.05, 0) is 48.0 Å². The summed E-state index contributed by atoms with van der Waals surface area (Å²) in [5.74, 6) is -2.45. The highest BCUT2D eigenvalue weighted by molar-refractivity contribution is 6.30. The van der Waals surface area contributed by atoms with Crippen LogP contribution in [0.1, 0.15) is 15.9 Å². The van der Waals surface area contributed by atoms with Crippen molar-refractivity contribution in [1.29, 1.82) is 0 Å². The molecule has 5 atom stereocenters. The summed E-state index contributed by atoms with van der Waals surface area (Å²) >= 11 is 5.91. The Balaban J connectivity index is 1.62. The summed E-state index contributed by atoms with van der Waals surface area (Å²) in [5, 5.41) is 40.0. The summed E-state index contributed by atoms with van der Waals surface area (Å²) in [5.41, 5.74) is 1.21. The molecule has 0 aliphatic carbocycles. The Hall–Kier alpha value is -3.48. The minimum atomic E-state index is -1.92. The number of halogens is 1. The molecule has 1 aromatic heterocycles. The van der Waals surface area contributed by atoms with Crippen molar-refractivity contribution in [3.8, 4) is 5.75 Å². The van der Waals surface area contributed by atoms with Crippen LogP contribution in [0.3, 0.4) is 0 Å². The number of carboxylic acids is 1. The predicted molar refractivity (Wildman–Crippen MR) is 124 cm³/mol. The summed E-state index contributed by atoms with van der Waals surface area (Å²) in [6.07, 6.45) is -8.41. The summed E-state index contributed by atoms with van der Waals surface area (Å²) in [6, 6.07) is 11.2. The van der Waals surface area contributed by atoms with Crippen molar-refractivity contribution in [1.82, 2.24) is 4.57 Å². The van der Waals surface area contributed by atoms with Gasteiger partial charge in [-0.3, -0.25) is 14.2 Å². The molecule has 2 aromatic carbocycles. The fraction of sp³-hybridized carbons (Fsp3) is 0.292. The van der Waals surface area contributed by atoms with Gasteiger partial charge in [0.2, 0.25) is 6.29 Å². The average Bonchev–Trinajstić information content (AvgIpc) is 3.21. The van der Waals surface area contributed by atoms with Gasteiger partial charge in [-0.15, -0.1) is 0 Å². The number of hydrogen-bond acceptors (Lipinski definition) is 9. The van der Waals surface area contributed by atoms with E-state index < -0.39 is 49.1 Å². The Morgan fingerprint density at radius 2 is 1.72 bits per heavy atom. The molecule has 2 heterocycles. The lowest BCUT2D eigenvalue weighted by molar-refractivity contribution is -0.286. The normalized spacial score (nSPS) is 23.9. The number of hydrogen-bond donors (Lipinski definition) is 4. The Morgan fingerprint density at radius 1 is 1.03 bits per heavy atom. The van der Waals surface area contributed by atoms with Crippen LogP contribution in [0.2, 0.25) is 5.02 Å². The quantitative estimate of drug-likeness (QED) is 0.345. The van der Waals surface area contributed by atoms with Gasteiger partial charge in [-0.2, -0.15) is 0 Å². The molecule has 0 unspecified atom stereocenters. The molecular weight excluding hydrogens is 498 g/mol. The van der Waals surface area contributed by atoms with Gasteiger partial charge in [0.25, 0.3) is 5.91 Å². The van der Waals surface area contributed by atoms with Crippen molar-refractivity contribution in [2.24, 2.45) is 0 Å². The van der Waals surface area contributed by atoms with Gasteiger partial charge < -0.3 is 34.6 Å². The SMILES string of the molecule is COc1ccc2c(c1)c(CC(=O)O[C@@H]1O[C@H](C(=O)O)[C@@H](O)[C@H](O)[C@H]1O)cn2C(=O)c1ccc(Cl)cc1. The Labute approximate surface area is 209 Å². The number of rotatable bonds is 6. The number of aromatic nitrogens is 1. The standard InChI is InChI=1S/C24H22ClNO10/c1-34-14-6-7-16-15(9-14)12(10-26(16)22(31)11-2-4-13(25)5-3-11)8-17(27)35-24-20(30)18(28)19(29)21(36-24)23(32)33/h2-7,9-10,18-21,24,28-30H,8H2,1H3,(H,32,33)/t18-,19-,20+,21-,24+/m0/s1. The number of esters is 1. The van der Waals surface area contributed by atoms with E-state index in [0.29, 0.717) is 32.8 Å². The lowest BCUT2D eigenvalue weighted by Crippen LogP contribution is -2.60. The van der Waals surface area contributed by atoms with E-state index in [9.17, 15) is 29.7 Å². The first-order chi connectivity index (χ1) is 17.1. The third kappa shape index (κ3) is 4.92. The minimum absolute atomic E-state index is 0.354. The van der Waals surface area contributed by atoms with Crippen LogP contribution < -0.4 is 4.74 Å². The molecule has 0 spiro atoms. The van der Waals surface area contributed by atoms with E-state index in [0.717, 1.165) is 0 Å². The smallest absolute Gasteiger partial charge is 0.335 e. The van der Waals surface area contributed by atoms with Gasteiger partial charge in [0.1, 0.15) is 24.1 Å². The highest BCUT2D eigenvalue weighted by atomic mass is 35.5. The number of aliphatic carboxylic acids is 1. The van der Waals surface area contributed by atoms with E-state index in [4.69, 9.17) is 30.9 Å². The number of carboxylic acid groups (broad SMARTS) is 1. The minimum Gasteiger partial charge on any atom is -0.497 e. The molecule has 36 heavy (non-hydrogen) atoms. The number of nitrogens with zero attached hydrogens (tertiary/aromatic N) is 1. The molecule has 1 saturated heterocycles. The molecule has 0 saturated carbocycles. The van der Waals surface area contributed by atoms with Crippen LogP contribution in [0.4, 0.5) is 0 Å². The second kappa shape index (κ2) is 10.2. The van der Waals surface area contributed by atoms with Gasteiger partial charge >= 0.3 is 11.9 Å². The summed E-state index contributed by atoms with van der Waals surface area (Å²) in [4.78, 5) is 37.2. The number of methoxy groups -OCH3 is 1. The highest BCUT2D eigenvalue weighted by Gasteiger charge is 2.48. The zero-order valence-corrected chi connectivity index (χ0v) is 19.5. The summed E-state index contributed by atoms with van der Waals surface area (Å²) < 4.78 is 16.7. The molecule has 4 rings (SSSR count). The van der Waals surface area contributed by atoms with Crippen LogP contribution in [0.25, 0.3) is 10.9 Å². The number of benzene rings is 2. The molecule has 4 N–H and O–H groups in total. The van der Waals surface area contributed by atoms with Crippen molar-refractivity contribution in [3.63, 3.8) is 0 Å². The van der Waals surface area contributed by atoms with Crippen molar-refractivity contribution in [2.75, 3.05) is 7.11 Å². The molecule has 1 fully saturated rings. The molecular formula is C24H22ClNO10. The predicted octanol–water partition coefficient (Wildman–Crippen LogP) is 0.970. The van der Waals surface area contributed by atoms with E-state index in [2.05, 4.69) is 0 Å². The van der Waals surface area contributed by atoms with E-state index in [-0.39, 0.29) is 5.91 Å². The maximum atomic E-state index is 13.2. The molecule has 11 nitrogen and oxygen atoms in total. The first kappa shape index (κ1) is 25.6. The zero-order chi connectivity index (χ0) is 26.1. The third-order valence-electron chi connectivity index (χ3n) is 5.80. The second-order valence-corrected chi connectivity index (χ2v) is 8.56. The van der Waals surface area contributed by atoms with Crippen LogP contribution in [-0.4, -0.2) is 80.7 Å². The molecule has 12 heteroatoms. The number of aliphatic hydroxyl groups is 3. The Kier molecular flexibility index (Phi) is 7.29. The van der Waals surface area contributed by atoms with Gasteiger partial charge in [-0.25, -0.2) is 4.79 Å². The van der Waals surface area contributed by atoms with Gasteiger partial charge in [0.15, 0.2) is 6.10 Å². The maximum Gasteiger partial charge on any atom is 0.335 e. The second-order valence-electron chi connectivity index (χ2n) is 8.12. The number of ether oxygens (including phenoxy) is 3. The first-order valence-electron chi connectivity index (χ1n) is 10.7. The molecule has 3 aromatic rings. The van der Waals surface area contributed by atoms with Crippen molar-refractivity contribution < 1.29 is 49.0 Å². The van der Waals surface area contributed by atoms with E-state index in [1.807, 2.05) is 0 Å². The van der Waals surface area contributed by atoms with Crippen LogP contribution in [0.15, 0.2) is 48.7 Å². The molecule has 190 valence electrons. The highest BCUT2D eigenvalue weighted by Crippen LogP contribution is 2.29. The number of fused-ring (bicyclic) bond motifs is 1. The average molecular weight is 520 g/mol. The largest absolute Gasteiger partial charge is 0.497 e. The van der Waals surface area contributed by atoms with Crippen LogP contribution in [0.5, 0.6) is 5.75 Å².